The zero-order valence-corrected chi connectivity index (χ0v) is 23.0. The number of aromatic nitrogens is 3. The van der Waals surface area contributed by atoms with Gasteiger partial charge in [0.15, 0.2) is 23.1 Å². The number of nitrogens with zero attached hydrogens (tertiary/aromatic N) is 3. The van der Waals surface area contributed by atoms with Crippen LogP contribution in [0.4, 0.5) is 0 Å². The molecule has 38 heavy (non-hydrogen) atoms. The van der Waals surface area contributed by atoms with Crippen molar-refractivity contribution < 1.29 is 19.4 Å². The summed E-state index contributed by atoms with van der Waals surface area (Å²) in [4.78, 5) is 53.8. The average molecular weight is 641 g/mol. The van der Waals surface area contributed by atoms with Gasteiger partial charge in [0, 0.05) is 39.6 Å². The SMILES string of the molecule is COc1cc(Br)cc([C@H]2C3=CCn4c(=O)n(-c5ccccc5)c(=O)n4[C@@H]3CC3=C2C(=O)C=C(Br)C3=O)c1O. The molecule has 11 heteroatoms. The second kappa shape index (κ2) is 8.95. The number of carbonyl (C=O) groups excluding carboxylic acids is 2. The standard InChI is InChI=1S/C27H19Br2N3O6/c1-38-21-10-13(28)9-16(25(21)35)22-15-7-8-30-26(36)31(14-5-3-2-4-6-14)27(37)32(30)19(15)11-17-23(22)20(33)12-18(29)24(17)34/h2-7,9-10,12,19,22,35H,8,11H2,1H3/t19-,22-/m1/s1. The Labute approximate surface area is 232 Å². The summed E-state index contributed by atoms with van der Waals surface area (Å²) in [5.41, 5.74) is 0.816. The molecule has 2 aliphatic carbocycles. The molecular formula is C27H19Br2N3O6. The van der Waals surface area contributed by atoms with Crippen molar-refractivity contribution in [2.24, 2.45) is 0 Å². The van der Waals surface area contributed by atoms with E-state index in [1.54, 1.807) is 48.5 Å². The van der Waals surface area contributed by atoms with Crippen LogP contribution in [0.15, 0.2) is 89.9 Å². The summed E-state index contributed by atoms with van der Waals surface area (Å²) in [6, 6.07) is 11.1. The Hall–Kier alpha value is -3.70. The van der Waals surface area contributed by atoms with Crippen molar-refractivity contribution in [1.29, 1.82) is 0 Å². The van der Waals surface area contributed by atoms with Crippen LogP contribution in [-0.4, -0.2) is 37.7 Å². The molecule has 2 aromatic carbocycles. The number of Topliss-reactive ketones (excluding diaryl/α,β-unsaturated/α-hetero) is 1. The van der Waals surface area contributed by atoms with E-state index in [2.05, 4.69) is 31.9 Å². The van der Waals surface area contributed by atoms with Gasteiger partial charge in [0.25, 0.3) is 0 Å². The second-order valence-electron chi connectivity index (χ2n) is 9.14. The van der Waals surface area contributed by atoms with Gasteiger partial charge in [-0.15, -0.1) is 0 Å². The Morgan fingerprint density at radius 3 is 2.47 bits per heavy atom. The largest absolute Gasteiger partial charge is 0.504 e. The van der Waals surface area contributed by atoms with Crippen LogP contribution in [0, 0.1) is 0 Å². The third-order valence-electron chi connectivity index (χ3n) is 7.21. The molecule has 0 amide bonds. The smallest absolute Gasteiger partial charge is 0.352 e. The minimum atomic E-state index is -0.848. The Morgan fingerprint density at radius 1 is 1.03 bits per heavy atom. The van der Waals surface area contributed by atoms with E-state index >= 15 is 0 Å². The Morgan fingerprint density at radius 2 is 1.76 bits per heavy atom. The number of phenols is 1. The number of methoxy groups -OCH3 is 1. The van der Waals surface area contributed by atoms with Gasteiger partial charge in [-0.05, 0) is 45.8 Å². The van der Waals surface area contributed by atoms with Gasteiger partial charge in [-0.2, -0.15) is 0 Å². The van der Waals surface area contributed by atoms with Crippen molar-refractivity contribution in [2.45, 2.75) is 24.9 Å². The first kappa shape index (κ1) is 24.6. The second-order valence-corrected chi connectivity index (χ2v) is 10.9. The Balaban J connectivity index is 1.62. The van der Waals surface area contributed by atoms with E-state index in [0.29, 0.717) is 21.3 Å². The predicted molar refractivity (Wildman–Crippen MR) is 145 cm³/mol. The Kier molecular flexibility index (Phi) is 5.80. The van der Waals surface area contributed by atoms with Gasteiger partial charge in [-0.25, -0.2) is 23.5 Å². The summed E-state index contributed by atoms with van der Waals surface area (Å²) < 4.78 is 9.86. The number of ether oxygens (including phenoxy) is 1. The van der Waals surface area contributed by atoms with Gasteiger partial charge in [0.2, 0.25) is 0 Å². The molecule has 0 spiro atoms. The lowest BCUT2D eigenvalue weighted by Crippen LogP contribution is -2.40. The number of fused-ring (bicyclic) bond motifs is 3. The maximum absolute atomic E-state index is 13.7. The number of para-hydroxylation sites is 1. The minimum absolute atomic E-state index is 0.0369. The fraction of sp³-hybridized carbons (Fsp3) is 0.185. The van der Waals surface area contributed by atoms with Crippen molar-refractivity contribution in [3.63, 3.8) is 0 Å². The molecule has 0 unspecified atom stereocenters. The fourth-order valence-corrected chi connectivity index (χ4v) is 6.50. The van der Waals surface area contributed by atoms with Crippen LogP contribution in [0.5, 0.6) is 11.5 Å². The summed E-state index contributed by atoms with van der Waals surface area (Å²) in [7, 11) is 1.42. The lowest BCUT2D eigenvalue weighted by atomic mass is 9.68. The van der Waals surface area contributed by atoms with Crippen LogP contribution < -0.4 is 16.1 Å². The number of halogens is 2. The molecular weight excluding hydrogens is 622 g/mol. The normalized spacial score (nSPS) is 20.4. The third-order valence-corrected chi connectivity index (χ3v) is 8.26. The molecule has 0 saturated carbocycles. The summed E-state index contributed by atoms with van der Waals surface area (Å²) in [5, 5.41) is 11.2. The molecule has 2 atom stereocenters. The number of aromatic hydroxyl groups is 1. The maximum atomic E-state index is 13.7. The zero-order valence-electron chi connectivity index (χ0n) is 19.9. The van der Waals surface area contributed by atoms with Crippen LogP contribution in [-0.2, 0) is 16.1 Å². The van der Waals surface area contributed by atoms with E-state index in [9.17, 15) is 24.3 Å². The molecule has 192 valence electrons. The maximum Gasteiger partial charge on any atom is 0.352 e. The number of ketones is 2. The van der Waals surface area contributed by atoms with E-state index in [0.717, 1.165) is 4.57 Å². The minimum Gasteiger partial charge on any atom is -0.504 e. The highest BCUT2D eigenvalue weighted by Crippen LogP contribution is 2.53. The van der Waals surface area contributed by atoms with E-state index in [-0.39, 0.29) is 51.7 Å². The monoisotopic (exact) mass is 639 g/mol. The van der Waals surface area contributed by atoms with Crippen LogP contribution in [0.1, 0.15) is 23.9 Å². The lowest BCUT2D eigenvalue weighted by Gasteiger charge is -2.39. The third kappa shape index (κ3) is 3.48. The number of benzene rings is 2. The van der Waals surface area contributed by atoms with Gasteiger partial charge in [0.05, 0.1) is 29.9 Å². The predicted octanol–water partition coefficient (Wildman–Crippen LogP) is 3.67. The zero-order chi connectivity index (χ0) is 26.9. The molecule has 9 nitrogen and oxygen atoms in total. The Bertz CT molecular complexity index is 1770. The molecule has 2 heterocycles. The highest BCUT2D eigenvalue weighted by Gasteiger charge is 2.46. The van der Waals surface area contributed by atoms with Crippen LogP contribution in [0.25, 0.3) is 5.69 Å². The molecule has 3 aromatic rings. The van der Waals surface area contributed by atoms with E-state index in [1.165, 1.54) is 22.5 Å². The number of carbonyl (C=O) groups is 2. The molecule has 6 rings (SSSR count). The van der Waals surface area contributed by atoms with Gasteiger partial charge in [0.1, 0.15) is 0 Å². The van der Waals surface area contributed by atoms with Crippen LogP contribution in [0.3, 0.4) is 0 Å². The first-order chi connectivity index (χ1) is 18.2. The fourth-order valence-electron chi connectivity index (χ4n) is 5.60. The number of hydrogen-bond donors (Lipinski definition) is 1. The number of allylic oxidation sites excluding steroid dienone is 6. The average Bonchev–Trinajstić information content (AvgIpc) is 3.17. The first-order valence-electron chi connectivity index (χ1n) is 11.7. The van der Waals surface area contributed by atoms with Crippen LogP contribution >= 0.6 is 31.9 Å². The van der Waals surface area contributed by atoms with E-state index < -0.39 is 23.3 Å². The molecule has 1 N–H and O–H groups in total. The molecule has 3 aliphatic rings. The van der Waals surface area contributed by atoms with E-state index in [1.807, 2.05) is 0 Å². The number of hydrogen-bond acceptors (Lipinski definition) is 6. The summed E-state index contributed by atoms with van der Waals surface area (Å²) in [6.07, 6.45) is 3.07. The van der Waals surface area contributed by atoms with Crippen LogP contribution in [0.2, 0.25) is 0 Å². The van der Waals surface area contributed by atoms with E-state index in [4.69, 9.17) is 4.74 Å². The molecule has 0 fully saturated rings. The van der Waals surface area contributed by atoms with Gasteiger partial charge in [-0.3, -0.25) is 9.59 Å². The summed E-state index contributed by atoms with van der Waals surface area (Å²) in [5.74, 6) is -1.59. The summed E-state index contributed by atoms with van der Waals surface area (Å²) >= 11 is 6.64. The van der Waals surface area contributed by atoms with Gasteiger partial charge >= 0.3 is 11.4 Å². The van der Waals surface area contributed by atoms with Crippen molar-refractivity contribution in [2.75, 3.05) is 7.11 Å². The first-order valence-corrected chi connectivity index (χ1v) is 13.3. The summed E-state index contributed by atoms with van der Waals surface area (Å²) in [6.45, 7) is 0.0758. The van der Waals surface area contributed by atoms with Crippen molar-refractivity contribution in [3.8, 4) is 17.2 Å². The van der Waals surface area contributed by atoms with Gasteiger partial charge in [-0.1, -0.05) is 40.2 Å². The van der Waals surface area contributed by atoms with Crippen molar-refractivity contribution in [3.05, 3.63) is 107 Å². The number of rotatable bonds is 3. The molecule has 0 bridgehead atoms. The molecule has 0 radical (unpaired) electrons. The van der Waals surface area contributed by atoms with Crippen molar-refractivity contribution >= 4 is 43.4 Å². The highest BCUT2D eigenvalue weighted by molar-refractivity contribution is 9.12. The highest BCUT2D eigenvalue weighted by atomic mass is 79.9. The topological polar surface area (TPSA) is 113 Å². The lowest BCUT2D eigenvalue weighted by molar-refractivity contribution is -0.115. The molecule has 1 aromatic heterocycles. The molecule has 1 aliphatic heterocycles. The van der Waals surface area contributed by atoms with Gasteiger partial charge < -0.3 is 9.84 Å². The van der Waals surface area contributed by atoms with Crippen molar-refractivity contribution in [1.82, 2.24) is 13.9 Å². The number of phenolic OH excluding ortho intramolecular Hbond substituents is 1. The molecule has 0 saturated heterocycles. The quantitative estimate of drug-likeness (QED) is 0.345.